The molecule has 0 heterocycles. The SMILES string of the molecule is COc1ccc([C@H]2C[C@@H]2/C(C)=N/O)cc1. The van der Waals surface area contributed by atoms with Gasteiger partial charge in [0.15, 0.2) is 0 Å². The fourth-order valence-corrected chi connectivity index (χ4v) is 1.95. The standard InChI is InChI=1S/C12H15NO2/c1-8(13-14)11-7-12(11)9-3-5-10(15-2)6-4-9/h3-6,11-12,14H,7H2,1-2H3/b13-8+/t11-,12-/m1/s1. The van der Waals surface area contributed by atoms with Crippen LogP contribution in [-0.4, -0.2) is 18.0 Å². The van der Waals surface area contributed by atoms with E-state index in [-0.39, 0.29) is 0 Å². The van der Waals surface area contributed by atoms with Crippen LogP contribution < -0.4 is 4.74 Å². The van der Waals surface area contributed by atoms with Gasteiger partial charge in [-0.05, 0) is 37.0 Å². The van der Waals surface area contributed by atoms with Gasteiger partial charge in [-0.15, -0.1) is 0 Å². The van der Waals surface area contributed by atoms with Crippen LogP contribution in [0, 0.1) is 5.92 Å². The van der Waals surface area contributed by atoms with E-state index < -0.39 is 0 Å². The van der Waals surface area contributed by atoms with Gasteiger partial charge < -0.3 is 9.94 Å². The molecule has 0 amide bonds. The second kappa shape index (κ2) is 3.93. The minimum atomic E-state index is 0.420. The van der Waals surface area contributed by atoms with Crippen LogP contribution >= 0.6 is 0 Å². The molecule has 0 radical (unpaired) electrons. The van der Waals surface area contributed by atoms with E-state index in [0.29, 0.717) is 11.8 Å². The predicted octanol–water partition coefficient (Wildman–Crippen LogP) is 2.65. The third kappa shape index (κ3) is 1.96. The maximum atomic E-state index is 8.66. The first-order chi connectivity index (χ1) is 7.26. The van der Waals surface area contributed by atoms with Gasteiger partial charge in [0.1, 0.15) is 5.75 Å². The van der Waals surface area contributed by atoms with Crippen molar-refractivity contribution in [1.29, 1.82) is 0 Å². The summed E-state index contributed by atoms with van der Waals surface area (Å²) in [4.78, 5) is 0. The van der Waals surface area contributed by atoms with Gasteiger partial charge in [-0.3, -0.25) is 0 Å². The molecule has 1 aliphatic rings. The molecule has 2 rings (SSSR count). The summed E-state index contributed by atoms with van der Waals surface area (Å²) in [5.41, 5.74) is 2.12. The van der Waals surface area contributed by atoms with Crippen LogP contribution in [0.2, 0.25) is 0 Å². The summed E-state index contributed by atoms with van der Waals surface area (Å²) < 4.78 is 5.10. The Morgan fingerprint density at radius 3 is 2.60 bits per heavy atom. The van der Waals surface area contributed by atoms with Gasteiger partial charge in [0.2, 0.25) is 0 Å². The Hall–Kier alpha value is -1.51. The van der Waals surface area contributed by atoms with Crippen LogP contribution in [0.5, 0.6) is 5.75 Å². The predicted molar refractivity (Wildman–Crippen MR) is 58.7 cm³/mol. The minimum absolute atomic E-state index is 0.420. The van der Waals surface area contributed by atoms with E-state index in [4.69, 9.17) is 9.94 Å². The molecule has 1 aromatic rings. The maximum Gasteiger partial charge on any atom is 0.118 e. The van der Waals surface area contributed by atoms with E-state index >= 15 is 0 Å². The normalized spacial score (nSPS) is 25.1. The second-order valence-corrected chi connectivity index (χ2v) is 3.96. The summed E-state index contributed by atoms with van der Waals surface area (Å²) in [5.74, 6) is 1.82. The van der Waals surface area contributed by atoms with E-state index in [9.17, 15) is 0 Å². The number of rotatable bonds is 3. The van der Waals surface area contributed by atoms with Crippen molar-refractivity contribution in [2.45, 2.75) is 19.3 Å². The smallest absolute Gasteiger partial charge is 0.118 e. The monoisotopic (exact) mass is 205 g/mol. The third-order valence-corrected chi connectivity index (χ3v) is 3.03. The van der Waals surface area contributed by atoms with E-state index in [1.54, 1.807) is 7.11 Å². The van der Waals surface area contributed by atoms with Crippen LogP contribution in [-0.2, 0) is 0 Å². The molecule has 1 N–H and O–H groups in total. The molecule has 1 aromatic carbocycles. The average molecular weight is 205 g/mol. The number of methoxy groups -OCH3 is 1. The largest absolute Gasteiger partial charge is 0.497 e. The molecule has 0 aliphatic heterocycles. The summed E-state index contributed by atoms with van der Waals surface area (Å²) in [5, 5.41) is 11.9. The molecular weight excluding hydrogens is 190 g/mol. The van der Waals surface area contributed by atoms with Crippen LogP contribution in [0.4, 0.5) is 0 Å². The number of oxime groups is 1. The topological polar surface area (TPSA) is 41.8 Å². The molecule has 2 atom stereocenters. The van der Waals surface area contributed by atoms with Gasteiger partial charge in [0.05, 0.1) is 12.8 Å². The summed E-state index contributed by atoms with van der Waals surface area (Å²) in [6, 6.07) is 8.09. The summed E-state index contributed by atoms with van der Waals surface area (Å²) in [7, 11) is 1.66. The Bertz CT molecular complexity index is 370. The van der Waals surface area contributed by atoms with Gasteiger partial charge in [0, 0.05) is 5.92 Å². The van der Waals surface area contributed by atoms with Crippen molar-refractivity contribution >= 4 is 5.71 Å². The van der Waals surface area contributed by atoms with Crippen LogP contribution in [0.25, 0.3) is 0 Å². The molecule has 80 valence electrons. The molecule has 3 heteroatoms. The van der Waals surface area contributed by atoms with E-state index in [0.717, 1.165) is 17.9 Å². The quantitative estimate of drug-likeness (QED) is 0.468. The van der Waals surface area contributed by atoms with Crippen molar-refractivity contribution in [3.8, 4) is 5.75 Å². The summed E-state index contributed by atoms with van der Waals surface area (Å²) >= 11 is 0. The molecule has 0 aromatic heterocycles. The number of nitrogens with zero attached hydrogens (tertiary/aromatic N) is 1. The zero-order chi connectivity index (χ0) is 10.8. The zero-order valence-corrected chi connectivity index (χ0v) is 8.97. The highest BCUT2D eigenvalue weighted by Gasteiger charge is 2.40. The van der Waals surface area contributed by atoms with E-state index in [1.807, 2.05) is 19.1 Å². The van der Waals surface area contributed by atoms with Crippen LogP contribution in [0.1, 0.15) is 24.8 Å². The van der Waals surface area contributed by atoms with Gasteiger partial charge in [-0.25, -0.2) is 0 Å². The molecule has 3 nitrogen and oxygen atoms in total. The van der Waals surface area contributed by atoms with Gasteiger partial charge in [-0.2, -0.15) is 0 Å². The minimum Gasteiger partial charge on any atom is -0.497 e. The lowest BCUT2D eigenvalue weighted by atomic mass is 10.1. The molecule has 1 fully saturated rings. The van der Waals surface area contributed by atoms with Crippen LogP contribution in [0.15, 0.2) is 29.4 Å². The lowest BCUT2D eigenvalue weighted by Gasteiger charge is -2.02. The highest BCUT2D eigenvalue weighted by Crippen LogP contribution is 2.48. The first-order valence-electron chi connectivity index (χ1n) is 5.08. The van der Waals surface area contributed by atoms with E-state index in [1.165, 1.54) is 5.56 Å². The first-order valence-corrected chi connectivity index (χ1v) is 5.08. The fourth-order valence-electron chi connectivity index (χ4n) is 1.95. The van der Waals surface area contributed by atoms with Crippen molar-refractivity contribution in [1.82, 2.24) is 0 Å². The van der Waals surface area contributed by atoms with Crippen LogP contribution in [0.3, 0.4) is 0 Å². The molecular formula is C12H15NO2. The van der Waals surface area contributed by atoms with Gasteiger partial charge in [-0.1, -0.05) is 17.3 Å². The van der Waals surface area contributed by atoms with Crippen molar-refractivity contribution in [2.24, 2.45) is 11.1 Å². The molecule has 15 heavy (non-hydrogen) atoms. The molecule has 1 aliphatic carbocycles. The average Bonchev–Trinajstić information content (AvgIpc) is 3.08. The molecule has 1 saturated carbocycles. The molecule has 0 unspecified atom stereocenters. The van der Waals surface area contributed by atoms with Gasteiger partial charge in [0.25, 0.3) is 0 Å². The Balaban J connectivity index is 2.07. The Labute approximate surface area is 89.4 Å². The summed E-state index contributed by atoms with van der Waals surface area (Å²) in [6.07, 6.45) is 1.09. The Morgan fingerprint density at radius 1 is 1.40 bits per heavy atom. The van der Waals surface area contributed by atoms with E-state index in [2.05, 4.69) is 17.3 Å². The zero-order valence-electron chi connectivity index (χ0n) is 8.97. The van der Waals surface area contributed by atoms with Crippen molar-refractivity contribution in [2.75, 3.05) is 7.11 Å². The highest BCUT2D eigenvalue weighted by molar-refractivity contribution is 5.87. The van der Waals surface area contributed by atoms with Crippen molar-refractivity contribution in [3.63, 3.8) is 0 Å². The fraction of sp³-hybridized carbons (Fsp3) is 0.417. The Kier molecular flexibility index (Phi) is 2.62. The van der Waals surface area contributed by atoms with Crippen molar-refractivity contribution in [3.05, 3.63) is 29.8 Å². The van der Waals surface area contributed by atoms with Crippen molar-refractivity contribution < 1.29 is 9.94 Å². The highest BCUT2D eigenvalue weighted by atomic mass is 16.5. The summed E-state index contributed by atoms with van der Waals surface area (Å²) in [6.45, 7) is 1.87. The molecule has 0 spiro atoms. The lowest BCUT2D eigenvalue weighted by molar-refractivity contribution is 0.316. The number of ether oxygens (including phenoxy) is 1. The number of hydrogen-bond acceptors (Lipinski definition) is 3. The Morgan fingerprint density at radius 2 is 2.07 bits per heavy atom. The third-order valence-electron chi connectivity index (χ3n) is 3.03. The first kappa shape index (κ1) is 10.0. The maximum absolute atomic E-state index is 8.66. The van der Waals surface area contributed by atoms with Gasteiger partial charge >= 0.3 is 0 Å². The molecule has 0 bridgehead atoms. The second-order valence-electron chi connectivity index (χ2n) is 3.96. The number of hydrogen-bond donors (Lipinski definition) is 1. The lowest BCUT2D eigenvalue weighted by Crippen LogP contribution is -1.96. The molecule has 0 saturated heterocycles. The number of benzene rings is 1.